The molecule has 2 rings (SSSR count). The fourth-order valence-electron chi connectivity index (χ4n) is 2.21. The number of rotatable bonds is 7. The first-order chi connectivity index (χ1) is 9.74. The summed E-state index contributed by atoms with van der Waals surface area (Å²) in [6, 6.07) is 3.90. The number of aryl methyl sites for hydroxylation is 2. The van der Waals surface area contributed by atoms with Gasteiger partial charge < -0.3 is 14.0 Å². The summed E-state index contributed by atoms with van der Waals surface area (Å²) in [6.07, 6.45) is 2.86. The van der Waals surface area contributed by atoms with Crippen molar-refractivity contribution in [2.75, 3.05) is 32.1 Å². The Morgan fingerprint density at radius 1 is 1.25 bits per heavy atom. The van der Waals surface area contributed by atoms with Crippen LogP contribution in [0.25, 0.3) is 11.0 Å². The molecule has 0 N–H and O–H groups in total. The number of alkyl halides is 1. The Morgan fingerprint density at radius 2 is 1.95 bits per heavy atom. The van der Waals surface area contributed by atoms with E-state index in [2.05, 4.69) is 15.8 Å². The molecule has 20 heavy (non-hydrogen) atoms. The number of imidazole rings is 1. The Kier molecular flexibility index (Phi) is 5.43. The van der Waals surface area contributed by atoms with Crippen molar-refractivity contribution in [1.82, 2.24) is 9.55 Å². The lowest BCUT2D eigenvalue weighted by atomic mass is 10.2. The molecule has 0 spiro atoms. The van der Waals surface area contributed by atoms with Gasteiger partial charge in [-0.15, -0.1) is 11.6 Å². The van der Waals surface area contributed by atoms with Gasteiger partial charge in [0.05, 0.1) is 25.3 Å². The predicted octanol–water partition coefficient (Wildman–Crippen LogP) is 3.20. The zero-order valence-electron chi connectivity index (χ0n) is 12.0. The third kappa shape index (κ3) is 2.99. The number of hydrogen-bond donors (Lipinski definition) is 0. The smallest absolute Gasteiger partial charge is 0.163 e. The van der Waals surface area contributed by atoms with Crippen LogP contribution >= 0.6 is 23.4 Å². The van der Waals surface area contributed by atoms with E-state index in [0.717, 1.165) is 41.3 Å². The number of thioether (sulfide) groups is 1. The maximum Gasteiger partial charge on any atom is 0.163 e. The highest BCUT2D eigenvalue weighted by Gasteiger charge is 2.14. The van der Waals surface area contributed by atoms with Crippen LogP contribution in [0.15, 0.2) is 12.1 Å². The van der Waals surface area contributed by atoms with Crippen LogP contribution in [0.5, 0.6) is 11.5 Å². The lowest BCUT2D eigenvalue weighted by Crippen LogP contribution is -2.06. The van der Waals surface area contributed by atoms with Crippen molar-refractivity contribution in [1.29, 1.82) is 0 Å². The highest BCUT2D eigenvalue weighted by molar-refractivity contribution is 7.98. The molecule has 6 heteroatoms. The summed E-state index contributed by atoms with van der Waals surface area (Å²) < 4.78 is 12.9. The minimum atomic E-state index is 0.566. The van der Waals surface area contributed by atoms with E-state index in [-0.39, 0.29) is 0 Å². The van der Waals surface area contributed by atoms with Crippen LogP contribution < -0.4 is 9.47 Å². The average molecular weight is 315 g/mol. The zero-order valence-corrected chi connectivity index (χ0v) is 13.6. The van der Waals surface area contributed by atoms with Crippen molar-refractivity contribution in [2.24, 2.45) is 0 Å². The number of benzene rings is 1. The molecule has 0 aliphatic carbocycles. The van der Waals surface area contributed by atoms with Gasteiger partial charge in [-0.25, -0.2) is 4.98 Å². The van der Waals surface area contributed by atoms with Crippen molar-refractivity contribution in [2.45, 2.75) is 13.0 Å². The Bertz CT molecular complexity index is 586. The summed E-state index contributed by atoms with van der Waals surface area (Å²) in [5.74, 6) is 4.04. The second kappa shape index (κ2) is 7.09. The molecule has 0 fully saturated rings. The van der Waals surface area contributed by atoms with Crippen molar-refractivity contribution in [3.05, 3.63) is 18.0 Å². The van der Waals surface area contributed by atoms with Crippen molar-refractivity contribution in [3.8, 4) is 11.5 Å². The standard InChI is InChI=1S/C14H19ClN2O2S/c1-18-12-8-10-11(9-13(12)19-2)17(6-7-20-3)14(16-10)4-5-15/h8-9H,4-7H2,1-3H3. The third-order valence-electron chi connectivity index (χ3n) is 3.17. The summed E-state index contributed by atoms with van der Waals surface area (Å²) in [5.41, 5.74) is 1.99. The Morgan fingerprint density at radius 3 is 2.55 bits per heavy atom. The molecule has 0 aliphatic rings. The van der Waals surface area contributed by atoms with Crippen molar-refractivity contribution in [3.63, 3.8) is 0 Å². The van der Waals surface area contributed by atoms with Gasteiger partial charge in [0, 0.05) is 36.7 Å². The Hall–Kier alpha value is -1.07. The van der Waals surface area contributed by atoms with Crippen LogP contribution in [0.2, 0.25) is 0 Å². The molecular formula is C14H19ClN2O2S. The second-order valence-electron chi connectivity index (χ2n) is 4.31. The molecule has 1 aromatic heterocycles. The SMILES string of the molecule is COc1cc2nc(CCCl)n(CCSC)c2cc1OC. The number of halogens is 1. The van der Waals surface area contributed by atoms with E-state index in [0.29, 0.717) is 11.6 Å². The Balaban J connectivity index is 2.55. The molecule has 0 saturated carbocycles. The summed E-state index contributed by atoms with van der Waals surface area (Å²) in [7, 11) is 3.28. The van der Waals surface area contributed by atoms with E-state index in [1.807, 2.05) is 23.9 Å². The largest absolute Gasteiger partial charge is 0.493 e. The van der Waals surface area contributed by atoms with Gasteiger partial charge in [-0.05, 0) is 6.26 Å². The fraction of sp³-hybridized carbons (Fsp3) is 0.500. The molecule has 0 atom stereocenters. The Labute approximate surface area is 128 Å². The van der Waals surface area contributed by atoms with Gasteiger partial charge in [-0.2, -0.15) is 11.8 Å². The van der Waals surface area contributed by atoms with Gasteiger partial charge in [0.15, 0.2) is 11.5 Å². The number of nitrogens with zero attached hydrogens (tertiary/aromatic N) is 2. The van der Waals surface area contributed by atoms with Crippen LogP contribution in [0.1, 0.15) is 5.82 Å². The lowest BCUT2D eigenvalue weighted by molar-refractivity contribution is 0.355. The monoisotopic (exact) mass is 314 g/mol. The van der Waals surface area contributed by atoms with Gasteiger partial charge >= 0.3 is 0 Å². The zero-order chi connectivity index (χ0) is 14.5. The van der Waals surface area contributed by atoms with E-state index in [1.54, 1.807) is 14.2 Å². The third-order valence-corrected chi connectivity index (χ3v) is 3.95. The van der Waals surface area contributed by atoms with Crippen LogP contribution in [0.4, 0.5) is 0 Å². The maximum absolute atomic E-state index is 5.88. The lowest BCUT2D eigenvalue weighted by Gasteiger charge is -2.10. The molecule has 1 heterocycles. The summed E-state index contributed by atoms with van der Waals surface area (Å²) in [6.45, 7) is 0.916. The average Bonchev–Trinajstić information content (AvgIpc) is 2.80. The van der Waals surface area contributed by atoms with Gasteiger partial charge in [0.1, 0.15) is 5.82 Å². The summed E-state index contributed by atoms with van der Waals surface area (Å²) in [5, 5.41) is 0. The van der Waals surface area contributed by atoms with Crippen LogP contribution in [-0.4, -0.2) is 41.7 Å². The molecule has 0 bridgehead atoms. The fourth-order valence-corrected chi connectivity index (χ4v) is 2.74. The molecule has 2 aromatic rings. The summed E-state index contributed by atoms with van der Waals surface area (Å²) >= 11 is 7.69. The first-order valence-electron chi connectivity index (χ1n) is 6.41. The van der Waals surface area contributed by atoms with Crippen LogP contribution in [-0.2, 0) is 13.0 Å². The van der Waals surface area contributed by atoms with E-state index in [1.165, 1.54) is 0 Å². The van der Waals surface area contributed by atoms with E-state index in [4.69, 9.17) is 21.1 Å². The van der Waals surface area contributed by atoms with Crippen molar-refractivity contribution >= 4 is 34.4 Å². The van der Waals surface area contributed by atoms with Crippen LogP contribution in [0, 0.1) is 0 Å². The van der Waals surface area contributed by atoms with E-state index < -0.39 is 0 Å². The van der Waals surface area contributed by atoms with Gasteiger partial charge in [0.25, 0.3) is 0 Å². The minimum Gasteiger partial charge on any atom is -0.493 e. The number of hydrogen-bond acceptors (Lipinski definition) is 4. The van der Waals surface area contributed by atoms with E-state index in [9.17, 15) is 0 Å². The molecule has 0 amide bonds. The minimum absolute atomic E-state index is 0.566. The topological polar surface area (TPSA) is 36.3 Å². The number of ether oxygens (including phenoxy) is 2. The maximum atomic E-state index is 5.88. The first kappa shape index (κ1) is 15.3. The summed E-state index contributed by atoms with van der Waals surface area (Å²) in [4.78, 5) is 4.67. The molecule has 110 valence electrons. The first-order valence-corrected chi connectivity index (χ1v) is 8.34. The molecule has 0 aliphatic heterocycles. The highest BCUT2D eigenvalue weighted by atomic mass is 35.5. The number of methoxy groups -OCH3 is 2. The van der Waals surface area contributed by atoms with Gasteiger partial charge in [-0.3, -0.25) is 0 Å². The second-order valence-corrected chi connectivity index (χ2v) is 5.67. The van der Waals surface area contributed by atoms with Crippen molar-refractivity contribution < 1.29 is 9.47 Å². The van der Waals surface area contributed by atoms with E-state index >= 15 is 0 Å². The quantitative estimate of drug-likeness (QED) is 0.735. The number of aromatic nitrogens is 2. The normalized spacial score (nSPS) is 11.0. The molecular weight excluding hydrogens is 296 g/mol. The molecule has 0 unspecified atom stereocenters. The molecule has 4 nitrogen and oxygen atoms in total. The molecule has 1 aromatic carbocycles. The molecule has 0 radical (unpaired) electrons. The van der Waals surface area contributed by atoms with Gasteiger partial charge in [-0.1, -0.05) is 0 Å². The predicted molar refractivity (Wildman–Crippen MR) is 85.6 cm³/mol. The van der Waals surface area contributed by atoms with Crippen LogP contribution in [0.3, 0.4) is 0 Å². The molecule has 0 saturated heterocycles. The highest BCUT2D eigenvalue weighted by Crippen LogP contribution is 2.32. The van der Waals surface area contributed by atoms with Gasteiger partial charge in [0.2, 0.25) is 0 Å². The number of fused-ring (bicyclic) bond motifs is 1.